The van der Waals surface area contributed by atoms with Crippen molar-refractivity contribution in [2.75, 3.05) is 12.8 Å². The lowest BCUT2D eigenvalue weighted by atomic mass is 10.1. The zero-order valence-corrected chi connectivity index (χ0v) is 18.0. The number of nitrogens with one attached hydrogen (secondary N) is 1. The summed E-state index contributed by atoms with van der Waals surface area (Å²) >= 11 is 3.23. The third-order valence-electron chi connectivity index (χ3n) is 4.28. The van der Waals surface area contributed by atoms with Gasteiger partial charge in [0, 0.05) is 5.56 Å². The number of aromatic nitrogens is 5. The Bertz CT molecular complexity index is 1300. The molecule has 12 nitrogen and oxygen atoms in total. The van der Waals surface area contributed by atoms with Gasteiger partial charge in [-0.25, -0.2) is 10.1 Å². The van der Waals surface area contributed by atoms with Crippen molar-refractivity contribution in [2.24, 2.45) is 5.10 Å². The number of hydrazone groups is 1. The molecule has 0 fully saturated rings. The number of nitrogens with zero attached hydrogens (tertiary/aromatic N) is 6. The third kappa shape index (κ3) is 4.00. The van der Waals surface area contributed by atoms with Crippen molar-refractivity contribution in [3.05, 3.63) is 58.2 Å². The molecule has 162 valence electrons. The molecule has 0 radical (unpaired) electrons. The number of phenols is 1. The van der Waals surface area contributed by atoms with E-state index in [1.54, 1.807) is 36.4 Å². The van der Waals surface area contributed by atoms with E-state index in [2.05, 4.69) is 51.7 Å². The first-order valence-corrected chi connectivity index (χ1v) is 9.78. The molecule has 0 saturated carbocycles. The van der Waals surface area contributed by atoms with Crippen LogP contribution in [0.1, 0.15) is 16.1 Å². The highest BCUT2D eigenvalue weighted by Crippen LogP contribution is 2.34. The van der Waals surface area contributed by atoms with E-state index in [-0.39, 0.29) is 28.8 Å². The van der Waals surface area contributed by atoms with Gasteiger partial charge in [0.05, 0.1) is 17.8 Å². The molecule has 2 heterocycles. The maximum atomic E-state index is 12.8. The van der Waals surface area contributed by atoms with Crippen LogP contribution in [-0.4, -0.2) is 49.6 Å². The number of amides is 1. The number of nitrogen functional groups attached to an aromatic ring is 1. The van der Waals surface area contributed by atoms with Crippen LogP contribution in [0.4, 0.5) is 5.82 Å². The average Bonchev–Trinajstić information content (AvgIpc) is 3.42. The summed E-state index contributed by atoms with van der Waals surface area (Å²) in [7, 11) is 1.43. The van der Waals surface area contributed by atoms with Crippen LogP contribution in [0, 0.1) is 0 Å². The molecule has 0 aliphatic heterocycles. The largest absolute Gasteiger partial charge is 0.503 e. The van der Waals surface area contributed by atoms with Gasteiger partial charge in [-0.1, -0.05) is 35.5 Å². The maximum Gasteiger partial charge on any atom is 0.294 e. The van der Waals surface area contributed by atoms with Crippen molar-refractivity contribution in [1.29, 1.82) is 0 Å². The molecule has 0 saturated heterocycles. The normalized spacial score (nSPS) is 11.1. The van der Waals surface area contributed by atoms with Gasteiger partial charge in [-0.15, -0.1) is 5.10 Å². The second kappa shape index (κ2) is 8.85. The number of methoxy groups -OCH3 is 1. The Labute approximate surface area is 188 Å². The Kier molecular flexibility index (Phi) is 5.81. The molecule has 32 heavy (non-hydrogen) atoms. The van der Waals surface area contributed by atoms with Crippen molar-refractivity contribution in [3.8, 4) is 28.6 Å². The molecule has 4 rings (SSSR count). The zero-order chi connectivity index (χ0) is 22.7. The van der Waals surface area contributed by atoms with Gasteiger partial charge in [-0.3, -0.25) is 4.79 Å². The van der Waals surface area contributed by atoms with Gasteiger partial charge in [-0.2, -0.15) is 9.78 Å². The van der Waals surface area contributed by atoms with Crippen LogP contribution >= 0.6 is 15.9 Å². The van der Waals surface area contributed by atoms with Gasteiger partial charge in [0.25, 0.3) is 5.91 Å². The predicted octanol–water partition coefficient (Wildman–Crippen LogP) is 2.14. The topological polar surface area (TPSA) is 167 Å². The fourth-order valence-electron chi connectivity index (χ4n) is 2.82. The van der Waals surface area contributed by atoms with E-state index in [0.717, 1.165) is 0 Å². The summed E-state index contributed by atoms with van der Waals surface area (Å²) < 4.78 is 11.4. The fourth-order valence-corrected chi connectivity index (χ4v) is 3.28. The highest BCUT2D eigenvalue weighted by atomic mass is 79.9. The Balaban J connectivity index is 1.65. The van der Waals surface area contributed by atoms with E-state index in [0.29, 0.717) is 21.3 Å². The molecule has 1 amide bonds. The number of carbonyl (C=O) groups is 1. The number of carbonyl (C=O) groups excluding carboxylic acids is 1. The highest BCUT2D eigenvalue weighted by Gasteiger charge is 2.25. The van der Waals surface area contributed by atoms with Gasteiger partial charge in [-0.05, 0) is 43.9 Å². The average molecular weight is 499 g/mol. The Morgan fingerprint density at radius 3 is 2.78 bits per heavy atom. The summed E-state index contributed by atoms with van der Waals surface area (Å²) in [6.07, 6.45) is 1.39. The molecule has 4 aromatic rings. The van der Waals surface area contributed by atoms with Crippen molar-refractivity contribution in [1.82, 2.24) is 30.7 Å². The van der Waals surface area contributed by atoms with E-state index in [1.807, 2.05) is 6.07 Å². The molecular weight excluding hydrogens is 484 g/mol. The maximum absolute atomic E-state index is 12.8. The van der Waals surface area contributed by atoms with E-state index in [9.17, 15) is 9.90 Å². The minimum atomic E-state index is -0.619. The van der Waals surface area contributed by atoms with Crippen LogP contribution in [0.3, 0.4) is 0 Å². The number of ether oxygens (including phenoxy) is 1. The zero-order valence-electron chi connectivity index (χ0n) is 16.4. The first-order valence-electron chi connectivity index (χ1n) is 8.99. The number of benzene rings is 2. The first kappa shape index (κ1) is 21.0. The second-order valence-corrected chi connectivity index (χ2v) is 7.14. The number of hydrogen-bond acceptors (Lipinski definition) is 10. The smallest absolute Gasteiger partial charge is 0.294 e. The van der Waals surface area contributed by atoms with Crippen LogP contribution in [0.5, 0.6) is 11.5 Å². The standard InChI is InChI=1S/C19H15BrN8O4/c1-31-13-8-10(7-12(20)16(13)29)9-22-24-19(30)14-15(11-5-3-2-4-6-11)28(27-23-14)18-17(21)25-32-26-18/h2-9,29H,1H3,(H2,21,25)(H,24,30)/b22-9+. The minimum absolute atomic E-state index is 0.0103. The number of hydrogen-bond donors (Lipinski definition) is 3. The van der Waals surface area contributed by atoms with Gasteiger partial charge < -0.3 is 15.6 Å². The van der Waals surface area contributed by atoms with Crippen LogP contribution in [-0.2, 0) is 0 Å². The summed E-state index contributed by atoms with van der Waals surface area (Å²) in [5, 5.41) is 29.1. The van der Waals surface area contributed by atoms with Crippen molar-refractivity contribution < 1.29 is 19.3 Å². The molecule has 0 atom stereocenters. The Hall–Kier alpha value is -4.26. The quantitative estimate of drug-likeness (QED) is 0.266. The fraction of sp³-hybridized carbons (Fsp3) is 0.0526. The van der Waals surface area contributed by atoms with Crippen LogP contribution in [0.2, 0.25) is 0 Å². The summed E-state index contributed by atoms with van der Waals surface area (Å²) in [5.74, 6) is -0.324. The van der Waals surface area contributed by atoms with Crippen molar-refractivity contribution >= 4 is 33.9 Å². The monoisotopic (exact) mass is 498 g/mol. The molecule has 13 heteroatoms. The van der Waals surface area contributed by atoms with Crippen LogP contribution < -0.4 is 15.9 Å². The van der Waals surface area contributed by atoms with Crippen molar-refractivity contribution in [2.45, 2.75) is 0 Å². The van der Waals surface area contributed by atoms with E-state index >= 15 is 0 Å². The van der Waals surface area contributed by atoms with Crippen molar-refractivity contribution in [3.63, 3.8) is 0 Å². The summed E-state index contributed by atoms with van der Waals surface area (Å²) in [6, 6.07) is 12.2. The molecule has 0 aliphatic carbocycles. The lowest BCUT2D eigenvalue weighted by Gasteiger charge is -2.06. The lowest BCUT2D eigenvalue weighted by molar-refractivity contribution is 0.0950. The summed E-state index contributed by atoms with van der Waals surface area (Å²) in [4.78, 5) is 12.8. The molecular formula is C19H15BrN8O4. The number of aromatic hydroxyl groups is 1. The molecule has 0 aliphatic rings. The van der Waals surface area contributed by atoms with E-state index in [1.165, 1.54) is 18.0 Å². The molecule has 0 spiro atoms. The van der Waals surface area contributed by atoms with E-state index < -0.39 is 5.91 Å². The number of anilines is 1. The highest BCUT2D eigenvalue weighted by molar-refractivity contribution is 9.10. The summed E-state index contributed by atoms with van der Waals surface area (Å²) in [5.41, 5.74) is 9.72. The van der Waals surface area contributed by atoms with Gasteiger partial charge in [0.1, 0.15) is 5.69 Å². The Morgan fingerprint density at radius 2 is 2.09 bits per heavy atom. The molecule has 0 bridgehead atoms. The van der Waals surface area contributed by atoms with Gasteiger partial charge >= 0.3 is 0 Å². The molecule has 0 unspecified atom stereocenters. The molecule has 2 aromatic carbocycles. The Morgan fingerprint density at radius 1 is 1.31 bits per heavy atom. The number of halogens is 1. The lowest BCUT2D eigenvalue weighted by Crippen LogP contribution is -2.19. The summed E-state index contributed by atoms with van der Waals surface area (Å²) in [6.45, 7) is 0. The predicted molar refractivity (Wildman–Crippen MR) is 116 cm³/mol. The molecule has 4 N–H and O–H groups in total. The second-order valence-electron chi connectivity index (χ2n) is 6.29. The number of phenolic OH excluding ortho intramolecular Hbond substituents is 1. The molecule has 2 aromatic heterocycles. The first-order chi connectivity index (χ1) is 15.5. The third-order valence-corrected chi connectivity index (χ3v) is 4.88. The van der Waals surface area contributed by atoms with Gasteiger partial charge in [0.15, 0.2) is 17.2 Å². The van der Waals surface area contributed by atoms with Gasteiger partial charge in [0.2, 0.25) is 11.6 Å². The van der Waals surface area contributed by atoms with Crippen LogP contribution in [0.25, 0.3) is 17.1 Å². The number of rotatable bonds is 6. The SMILES string of the molecule is COc1cc(/C=N/NC(=O)c2nnn(-c3nonc3N)c2-c2ccccc2)cc(Br)c1O. The minimum Gasteiger partial charge on any atom is -0.503 e. The van der Waals surface area contributed by atoms with Crippen LogP contribution in [0.15, 0.2) is 56.7 Å². The number of nitrogens with two attached hydrogens (primary N) is 1. The van der Waals surface area contributed by atoms with E-state index in [4.69, 9.17) is 10.5 Å².